The summed E-state index contributed by atoms with van der Waals surface area (Å²) in [5, 5.41) is 16.7. The van der Waals surface area contributed by atoms with Crippen LogP contribution in [0.3, 0.4) is 0 Å². The van der Waals surface area contributed by atoms with Crippen LogP contribution in [0, 0.1) is 0 Å². The second-order valence-corrected chi connectivity index (χ2v) is 5.21. The lowest BCUT2D eigenvalue weighted by atomic mass is 10.3. The lowest BCUT2D eigenvalue weighted by Crippen LogP contribution is -2.36. The van der Waals surface area contributed by atoms with Gasteiger partial charge in [0.1, 0.15) is 5.01 Å². The molecule has 1 heterocycles. The molecule has 0 aliphatic heterocycles. The summed E-state index contributed by atoms with van der Waals surface area (Å²) in [4.78, 5) is 26.2. The first-order chi connectivity index (χ1) is 8.56. The minimum Gasteiger partial charge on any atom is -0.476 e. The third kappa shape index (κ3) is 3.51. The Kier molecular flexibility index (Phi) is 3.93. The molecule has 1 atom stereocenters. The van der Waals surface area contributed by atoms with E-state index in [9.17, 15) is 9.59 Å². The van der Waals surface area contributed by atoms with Gasteiger partial charge in [0.25, 0.3) is 0 Å². The van der Waals surface area contributed by atoms with E-state index in [0.717, 1.165) is 12.8 Å². The molecule has 98 valence electrons. The predicted octanol–water partition coefficient (Wildman–Crippen LogP) is 0.770. The zero-order chi connectivity index (χ0) is 13.1. The highest BCUT2D eigenvalue weighted by Crippen LogP contribution is 2.19. The molecule has 0 aromatic carbocycles. The van der Waals surface area contributed by atoms with Crippen LogP contribution in [0.1, 0.15) is 41.3 Å². The second kappa shape index (κ2) is 5.45. The Bertz CT molecular complexity index is 456. The average Bonchev–Trinajstić information content (AvgIpc) is 3.00. The lowest BCUT2D eigenvalue weighted by molar-refractivity contribution is -0.120. The van der Waals surface area contributed by atoms with Crippen LogP contribution >= 0.6 is 11.3 Å². The van der Waals surface area contributed by atoms with Crippen LogP contribution in [-0.2, 0) is 4.79 Å². The van der Waals surface area contributed by atoms with Crippen LogP contribution in [0.2, 0.25) is 0 Å². The van der Waals surface area contributed by atoms with E-state index in [1.54, 1.807) is 6.92 Å². The van der Waals surface area contributed by atoms with Crippen molar-refractivity contribution in [2.45, 2.75) is 31.8 Å². The summed E-state index contributed by atoms with van der Waals surface area (Å²) in [5.74, 6) is -1.15. The van der Waals surface area contributed by atoms with E-state index in [1.807, 2.05) is 0 Å². The number of carbonyl (C=O) groups excluding carboxylic acids is 1. The normalized spacial score (nSPS) is 16.3. The Labute approximate surface area is 108 Å². The SMILES string of the molecule is CC(NC(=O)CNC1CC1)c1nc(C(=O)O)cs1. The summed E-state index contributed by atoms with van der Waals surface area (Å²) in [7, 11) is 0. The van der Waals surface area contributed by atoms with Gasteiger partial charge >= 0.3 is 5.97 Å². The minimum absolute atomic E-state index is 0.0206. The van der Waals surface area contributed by atoms with Crippen molar-refractivity contribution >= 4 is 23.2 Å². The number of hydrogen-bond donors (Lipinski definition) is 3. The molecule has 1 aromatic heterocycles. The molecule has 1 amide bonds. The number of carboxylic acid groups (broad SMARTS) is 1. The largest absolute Gasteiger partial charge is 0.476 e. The third-order valence-corrected chi connectivity index (χ3v) is 3.65. The molecule has 1 aromatic rings. The van der Waals surface area contributed by atoms with Crippen LogP contribution in [-0.4, -0.2) is 34.6 Å². The van der Waals surface area contributed by atoms with Crippen LogP contribution in [0.25, 0.3) is 0 Å². The molecule has 3 N–H and O–H groups in total. The van der Waals surface area contributed by atoms with Crippen molar-refractivity contribution in [1.82, 2.24) is 15.6 Å². The number of aromatic carboxylic acids is 1. The molecule has 0 spiro atoms. The van der Waals surface area contributed by atoms with Gasteiger partial charge in [0, 0.05) is 11.4 Å². The van der Waals surface area contributed by atoms with Crippen molar-refractivity contribution in [2.75, 3.05) is 6.54 Å². The van der Waals surface area contributed by atoms with Gasteiger partial charge in [0.15, 0.2) is 5.69 Å². The number of thiazole rings is 1. The standard InChI is InChI=1S/C11H15N3O3S/c1-6(10-14-8(5-18-10)11(16)17)13-9(15)4-12-7-2-3-7/h5-7,12H,2-4H2,1H3,(H,13,15)(H,16,17). The van der Waals surface area contributed by atoms with E-state index in [2.05, 4.69) is 15.6 Å². The number of carbonyl (C=O) groups is 2. The van der Waals surface area contributed by atoms with Gasteiger partial charge in [-0.1, -0.05) is 0 Å². The van der Waals surface area contributed by atoms with Gasteiger partial charge in [-0.3, -0.25) is 4.79 Å². The molecule has 1 saturated carbocycles. The van der Waals surface area contributed by atoms with Gasteiger partial charge in [0.05, 0.1) is 12.6 Å². The van der Waals surface area contributed by atoms with Crippen molar-refractivity contribution < 1.29 is 14.7 Å². The topological polar surface area (TPSA) is 91.3 Å². The fourth-order valence-electron chi connectivity index (χ4n) is 1.46. The zero-order valence-corrected chi connectivity index (χ0v) is 10.8. The molecular weight excluding hydrogens is 254 g/mol. The molecule has 0 saturated heterocycles. The van der Waals surface area contributed by atoms with E-state index in [4.69, 9.17) is 5.11 Å². The monoisotopic (exact) mass is 269 g/mol. The van der Waals surface area contributed by atoms with E-state index < -0.39 is 5.97 Å². The van der Waals surface area contributed by atoms with Crippen molar-refractivity contribution in [3.8, 4) is 0 Å². The fraction of sp³-hybridized carbons (Fsp3) is 0.545. The number of nitrogens with zero attached hydrogens (tertiary/aromatic N) is 1. The number of carboxylic acids is 1. The van der Waals surface area contributed by atoms with Crippen molar-refractivity contribution in [1.29, 1.82) is 0 Å². The first-order valence-electron chi connectivity index (χ1n) is 5.77. The molecule has 18 heavy (non-hydrogen) atoms. The number of amides is 1. The summed E-state index contributed by atoms with van der Waals surface area (Å²) >= 11 is 1.24. The second-order valence-electron chi connectivity index (χ2n) is 4.32. The van der Waals surface area contributed by atoms with Gasteiger partial charge in [0.2, 0.25) is 5.91 Å². The summed E-state index contributed by atoms with van der Waals surface area (Å²) in [5.41, 5.74) is 0.0206. The van der Waals surface area contributed by atoms with Crippen molar-refractivity contribution in [3.05, 3.63) is 16.1 Å². The smallest absolute Gasteiger partial charge is 0.355 e. The average molecular weight is 269 g/mol. The Morgan fingerprint density at radius 2 is 2.33 bits per heavy atom. The molecular formula is C11H15N3O3S. The van der Waals surface area contributed by atoms with E-state index in [0.29, 0.717) is 17.6 Å². The molecule has 1 unspecified atom stereocenters. The molecule has 0 radical (unpaired) electrons. The van der Waals surface area contributed by atoms with E-state index >= 15 is 0 Å². The van der Waals surface area contributed by atoms with Crippen LogP contribution in [0.5, 0.6) is 0 Å². The molecule has 1 aliphatic rings. The van der Waals surface area contributed by atoms with Crippen molar-refractivity contribution in [2.24, 2.45) is 0 Å². The molecule has 0 bridgehead atoms. The van der Waals surface area contributed by atoms with E-state index in [-0.39, 0.29) is 17.6 Å². The first kappa shape index (κ1) is 13.0. The van der Waals surface area contributed by atoms with Gasteiger partial charge in [-0.15, -0.1) is 11.3 Å². The number of aromatic nitrogens is 1. The predicted molar refractivity (Wildman–Crippen MR) is 66.7 cm³/mol. The van der Waals surface area contributed by atoms with Gasteiger partial charge in [-0.2, -0.15) is 0 Å². The molecule has 6 nitrogen and oxygen atoms in total. The maximum atomic E-state index is 11.6. The maximum Gasteiger partial charge on any atom is 0.355 e. The highest BCUT2D eigenvalue weighted by Gasteiger charge is 2.22. The van der Waals surface area contributed by atoms with Crippen LogP contribution in [0.15, 0.2) is 5.38 Å². The Morgan fingerprint density at radius 1 is 1.61 bits per heavy atom. The Morgan fingerprint density at radius 3 is 2.89 bits per heavy atom. The first-order valence-corrected chi connectivity index (χ1v) is 6.65. The molecule has 1 aliphatic carbocycles. The van der Waals surface area contributed by atoms with Crippen molar-refractivity contribution in [3.63, 3.8) is 0 Å². The minimum atomic E-state index is -1.05. The van der Waals surface area contributed by atoms with Gasteiger partial charge < -0.3 is 15.7 Å². The van der Waals surface area contributed by atoms with Crippen LogP contribution in [0.4, 0.5) is 0 Å². The summed E-state index contributed by atoms with van der Waals surface area (Å²) in [6, 6.07) is 0.223. The summed E-state index contributed by atoms with van der Waals surface area (Å²) < 4.78 is 0. The number of rotatable bonds is 6. The zero-order valence-electron chi connectivity index (χ0n) is 9.97. The number of hydrogen-bond acceptors (Lipinski definition) is 5. The maximum absolute atomic E-state index is 11.6. The third-order valence-electron chi connectivity index (χ3n) is 2.62. The quantitative estimate of drug-likeness (QED) is 0.709. The number of nitrogens with one attached hydrogen (secondary N) is 2. The van der Waals surface area contributed by atoms with Gasteiger partial charge in [-0.05, 0) is 19.8 Å². The highest BCUT2D eigenvalue weighted by atomic mass is 32.1. The van der Waals surface area contributed by atoms with E-state index in [1.165, 1.54) is 16.7 Å². The summed E-state index contributed by atoms with van der Waals surface area (Å²) in [6.45, 7) is 2.09. The molecule has 2 rings (SSSR count). The Hall–Kier alpha value is -1.47. The fourth-order valence-corrected chi connectivity index (χ4v) is 2.26. The Balaban J connectivity index is 1.83. The molecule has 1 fully saturated rings. The highest BCUT2D eigenvalue weighted by molar-refractivity contribution is 7.09. The summed E-state index contributed by atoms with van der Waals surface area (Å²) in [6.07, 6.45) is 2.27. The van der Waals surface area contributed by atoms with Crippen LogP contribution < -0.4 is 10.6 Å². The molecule has 7 heteroatoms. The van der Waals surface area contributed by atoms with Gasteiger partial charge in [-0.25, -0.2) is 9.78 Å². The lowest BCUT2D eigenvalue weighted by Gasteiger charge is -2.11.